The van der Waals surface area contributed by atoms with Crippen LogP contribution in [0.4, 0.5) is 9.59 Å². The molecule has 0 aromatic carbocycles. The Hall–Kier alpha value is -0.500. The van der Waals surface area contributed by atoms with Gasteiger partial charge in [0.15, 0.2) is 0 Å². The third-order valence-corrected chi connectivity index (χ3v) is 5.95. The molecule has 0 radical (unpaired) electrons. The predicted octanol–water partition coefficient (Wildman–Crippen LogP) is -1.65. The van der Waals surface area contributed by atoms with Crippen molar-refractivity contribution >= 4 is 26.5 Å². The fourth-order valence-electron chi connectivity index (χ4n) is 1.79. The molecule has 2 aliphatic rings. The summed E-state index contributed by atoms with van der Waals surface area (Å²) in [4.78, 5) is 34.5. The minimum absolute atomic E-state index is 0. The van der Waals surface area contributed by atoms with Gasteiger partial charge in [-0.15, -0.1) is 0 Å². The van der Waals surface area contributed by atoms with E-state index < -0.39 is 26.0 Å². The van der Waals surface area contributed by atoms with E-state index in [1.54, 1.807) is 0 Å². The predicted molar refractivity (Wildman–Crippen MR) is 54.0 cm³/mol. The van der Waals surface area contributed by atoms with E-state index in [9.17, 15) is 14.4 Å². The molecule has 2 heterocycles. The first-order valence-corrected chi connectivity index (χ1v) is 6.10. The van der Waals surface area contributed by atoms with Crippen LogP contribution in [0.1, 0.15) is 7.85 Å². The van der Waals surface area contributed by atoms with Crippen LogP contribution in [-0.2, 0) is 4.79 Å². The summed E-state index contributed by atoms with van der Waals surface area (Å²) >= 11 is 0. The molecule has 1 fully saturated rings. The molecular formula is C8H10NNaO5S. The molecule has 0 spiro atoms. The van der Waals surface area contributed by atoms with Crippen LogP contribution in [0.2, 0.25) is 0 Å². The Kier molecular flexibility index (Phi) is 3.73. The number of amides is 1. The molecule has 16 heavy (non-hydrogen) atoms. The fourth-order valence-corrected chi connectivity index (χ4v) is 4.30. The van der Waals surface area contributed by atoms with E-state index in [0.717, 1.165) is 0 Å². The van der Waals surface area contributed by atoms with Crippen molar-refractivity contribution in [3.63, 3.8) is 0 Å². The minimum atomic E-state index is -2.85. The van der Waals surface area contributed by atoms with Gasteiger partial charge in [0.05, 0.1) is 11.8 Å². The van der Waals surface area contributed by atoms with Gasteiger partial charge in [0.1, 0.15) is 0 Å². The number of carbonyl (C=O) groups is 3. The van der Waals surface area contributed by atoms with Crippen molar-refractivity contribution in [3.8, 4) is 0 Å². The number of nitrogens with zero attached hydrogens (tertiary/aromatic N) is 1. The first kappa shape index (κ1) is 13.6. The van der Waals surface area contributed by atoms with E-state index in [0.29, 0.717) is 0 Å². The fraction of sp³-hybridized carbons (Fsp3) is 0.375. The van der Waals surface area contributed by atoms with Crippen LogP contribution < -0.4 is 29.6 Å². The Morgan fingerprint density at radius 2 is 2.00 bits per heavy atom. The van der Waals surface area contributed by atoms with E-state index in [-0.39, 0.29) is 49.1 Å². The Morgan fingerprint density at radius 3 is 2.44 bits per heavy atom. The molecule has 1 saturated heterocycles. The first-order valence-electron chi connectivity index (χ1n) is 4.24. The summed E-state index contributed by atoms with van der Waals surface area (Å²) in [5, 5.41) is 14.8. The van der Waals surface area contributed by atoms with E-state index in [4.69, 9.17) is 10.2 Å². The third-order valence-electron chi connectivity index (χ3n) is 2.66. The summed E-state index contributed by atoms with van der Waals surface area (Å²) < 4.78 is 0. The number of hydrogen-bond acceptors (Lipinski definition) is 3. The first-order chi connectivity index (χ1) is 7.00. The zero-order chi connectivity index (χ0) is 11.2. The van der Waals surface area contributed by atoms with E-state index in [2.05, 4.69) is 0 Å². The van der Waals surface area contributed by atoms with Gasteiger partial charge in [0.2, 0.25) is 5.91 Å². The van der Waals surface area contributed by atoms with E-state index in [1.165, 1.54) is 17.2 Å². The molecule has 1 atom stereocenters. The quantitative estimate of drug-likeness (QED) is 0.399. The van der Waals surface area contributed by atoms with Gasteiger partial charge in [0, 0.05) is 12.0 Å². The average Bonchev–Trinajstić information content (AvgIpc) is 2.15. The maximum absolute atomic E-state index is 11.1. The van der Waals surface area contributed by atoms with Gasteiger partial charge < -0.3 is 16.5 Å². The van der Waals surface area contributed by atoms with E-state index >= 15 is 0 Å². The molecule has 6 nitrogen and oxygen atoms in total. The Balaban J connectivity index is 0.00000128. The zero-order valence-electron chi connectivity index (χ0n) is 9.62. The molecule has 1 amide bonds. The van der Waals surface area contributed by atoms with Crippen molar-refractivity contribution in [1.29, 1.82) is 0 Å². The number of fused-ring (bicyclic) bond motifs is 1. The Labute approximate surface area is 116 Å². The van der Waals surface area contributed by atoms with Crippen molar-refractivity contribution in [2.45, 2.75) is 11.8 Å². The van der Waals surface area contributed by atoms with Gasteiger partial charge in [0.25, 0.3) is 0 Å². The molecule has 0 aliphatic carbocycles. The monoisotopic (exact) mass is 255 g/mol. The molecule has 0 aromatic heterocycles. The summed E-state index contributed by atoms with van der Waals surface area (Å²) in [5.74, 6) is -0.207. The summed E-state index contributed by atoms with van der Waals surface area (Å²) in [6.45, 7) is 0. The number of β-lactam (4-membered cyclic amide) rings is 1. The largest absolute Gasteiger partial charge is 1.00 e. The topological polar surface area (TPSA) is 94.9 Å². The van der Waals surface area contributed by atoms with Crippen molar-refractivity contribution in [1.82, 2.24) is 4.90 Å². The van der Waals surface area contributed by atoms with Gasteiger partial charge in [-0.3, -0.25) is 4.79 Å². The normalized spacial score (nSPS) is 27.1. The average molecular weight is 255 g/mol. The summed E-state index contributed by atoms with van der Waals surface area (Å²) in [5.41, 5.74) is 0. The van der Waals surface area contributed by atoms with Gasteiger partial charge in [-0.25, -0.2) is 9.59 Å². The third kappa shape index (κ3) is 1.58. The van der Waals surface area contributed by atoms with Crippen LogP contribution in [0, 0.1) is 0 Å². The molecule has 0 aromatic rings. The van der Waals surface area contributed by atoms with Crippen LogP contribution in [0.5, 0.6) is 0 Å². The van der Waals surface area contributed by atoms with Gasteiger partial charge in [-0.05, 0) is 10.0 Å². The molecule has 0 saturated carbocycles. The van der Waals surface area contributed by atoms with Crippen molar-refractivity contribution < 1.29 is 55.6 Å². The molecule has 8 heteroatoms. The SMILES string of the molecule is O=C1CC2N1C=CCS2(C(=O)O)C(=O)O.[H-].[Na+]. The number of carboxylic acid groups (broad SMARTS) is 2. The van der Waals surface area contributed by atoms with Gasteiger partial charge >= 0.3 is 40.2 Å². The number of rotatable bonds is 0. The van der Waals surface area contributed by atoms with E-state index in [1.807, 2.05) is 0 Å². The van der Waals surface area contributed by atoms with Crippen LogP contribution >= 0.6 is 10.0 Å². The Morgan fingerprint density at radius 1 is 1.44 bits per heavy atom. The maximum atomic E-state index is 11.1. The van der Waals surface area contributed by atoms with Crippen molar-refractivity contribution in [2.24, 2.45) is 0 Å². The van der Waals surface area contributed by atoms with Crippen LogP contribution in [-0.4, -0.2) is 42.7 Å². The van der Waals surface area contributed by atoms with Crippen LogP contribution in [0.25, 0.3) is 0 Å². The van der Waals surface area contributed by atoms with Crippen molar-refractivity contribution in [2.75, 3.05) is 5.75 Å². The molecule has 2 aliphatic heterocycles. The number of hydrogen-bond donors (Lipinski definition) is 2. The second-order valence-electron chi connectivity index (χ2n) is 3.34. The standard InChI is InChI=1S/C8H9NO5S.Na.H/c10-5-4-6-9(5)2-1-3-15(6,7(11)12)8(13)14;;/h1-2,6H,3-4H2,(H,11,12)(H,13,14);;/q;+1;-1. The summed E-state index contributed by atoms with van der Waals surface area (Å²) in [6.07, 6.45) is 2.96. The Bertz CT molecular complexity index is 387. The molecule has 0 bridgehead atoms. The second-order valence-corrected chi connectivity index (χ2v) is 6.50. The molecule has 2 rings (SSSR count). The maximum Gasteiger partial charge on any atom is 1.00 e. The summed E-state index contributed by atoms with van der Waals surface area (Å²) in [7, 11) is -2.85. The molecule has 2 N–H and O–H groups in total. The van der Waals surface area contributed by atoms with Crippen molar-refractivity contribution in [3.05, 3.63) is 12.3 Å². The van der Waals surface area contributed by atoms with Crippen LogP contribution in [0.15, 0.2) is 12.3 Å². The minimum Gasteiger partial charge on any atom is -1.00 e. The molecular weight excluding hydrogens is 245 g/mol. The summed E-state index contributed by atoms with van der Waals surface area (Å²) in [6, 6.07) is 0. The van der Waals surface area contributed by atoms with Gasteiger partial charge in [-0.2, -0.15) is 0 Å². The smallest absolute Gasteiger partial charge is 1.00 e. The van der Waals surface area contributed by atoms with Crippen LogP contribution in [0.3, 0.4) is 0 Å². The molecule has 84 valence electrons. The number of carbonyl (C=O) groups excluding carboxylic acids is 1. The molecule has 1 unspecified atom stereocenters. The van der Waals surface area contributed by atoms with Gasteiger partial charge in [-0.1, -0.05) is 6.08 Å². The second kappa shape index (κ2) is 4.40. The zero-order valence-corrected chi connectivity index (χ0v) is 11.4.